The van der Waals surface area contributed by atoms with Gasteiger partial charge in [-0.3, -0.25) is 4.68 Å². The van der Waals surface area contributed by atoms with Crippen LogP contribution in [0.3, 0.4) is 0 Å². The van der Waals surface area contributed by atoms with Crippen LogP contribution in [0.25, 0.3) is 0 Å². The summed E-state index contributed by atoms with van der Waals surface area (Å²) in [6.07, 6.45) is 0. The quantitative estimate of drug-likeness (QED) is 0.791. The van der Waals surface area contributed by atoms with Gasteiger partial charge in [-0.05, 0) is 32.5 Å². The molecule has 0 saturated carbocycles. The van der Waals surface area contributed by atoms with Crippen molar-refractivity contribution >= 4 is 11.8 Å². The molecule has 6 nitrogen and oxygen atoms in total. The van der Waals surface area contributed by atoms with Gasteiger partial charge in [-0.2, -0.15) is 5.10 Å². The lowest BCUT2D eigenvalue weighted by molar-refractivity contribution is 0.199. The minimum atomic E-state index is 0.658. The molecule has 2 aromatic heterocycles. The minimum absolute atomic E-state index is 0.658. The number of hydrogen-bond acceptors (Lipinski definition) is 6. The Balaban J connectivity index is 2.14. The van der Waals surface area contributed by atoms with Gasteiger partial charge in [0.2, 0.25) is 0 Å². The highest BCUT2D eigenvalue weighted by atomic mass is 32.2. The van der Waals surface area contributed by atoms with Crippen LogP contribution < -0.4 is 5.32 Å². The summed E-state index contributed by atoms with van der Waals surface area (Å²) in [5.41, 5.74) is 3.12. The third-order valence-corrected chi connectivity index (χ3v) is 4.32. The molecule has 0 aliphatic rings. The second kappa shape index (κ2) is 7.11. The van der Waals surface area contributed by atoms with E-state index in [0.29, 0.717) is 11.8 Å². The molecule has 21 heavy (non-hydrogen) atoms. The van der Waals surface area contributed by atoms with E-state index in [9.17, 15) is 0 Å². The highest BCUT2D eigenvalue weighted by Gasteiger charge is 2.17. The van der Waals surface area contributed by atoms with Gasteiger partial charge in [0.15, 0.2) is 0 Å². The number of methoxy groups -OCH3 is 1. The zero-order valence-electron chi connectivity index (χ0n) is 13.2. The lowest BCUT2D eigenvalue weighted by Crippen LogP contribution is -2.19. The number of ether oxygens (including phenoxy) is 1. The fourth-order valence-electron chi connectivity index (χ4n) is 1.97. The van der Waals surface area contributed by atoms with Crippen LogP contribution in [-0.4, -0.2) is 35.0 Å². The molecular weight excluding hydrogens is 288 g/mol. The van der Waals surface area contributed by atoms with Crippen LogP contribution in [0.4, 0.5) is 0 Å². The van der Waals surface area contributed by atoms with Crippen molar-refractivity contribution in [2.75, 3.05) is 20.3 Å². The van der Waals surface area contributed by atoms with Crippen LogP contribution in [0.2, 0.25) is 0 Å². The van der Waals surface area contributed by atoms with Crippen molar-refractivity contribution in [3.05, 3.63) is 22.7 Å². The van der Waals surface area contributed by atoms with Gasteiger partial charge >= 0.3 is 0 Å². The van der Waals surface area contributed by atoms with Gasteiger partial charge in [-0.15, -0.1) is 0 Å². The molecule has 116 valence electrons. The predicted molar refractivity (Wildman–Crippen MR) is 81.6 cm³/mol. The maximum atomic E-state index is 5.65. The van der Waals surface area contributed by atoms with Crippen LogP contribution in [-0.2, 0) is 18.3 Å². The molecular formula is C14H22N4O2S. The molecule has 0 atom stereocenters. The summed E-state index contributed by atoms with van der Waals surface area (Å²) in [5, 5.41) is 9.56. The van der Waals surface area contributed by atoms with E-state index in [1.54, 1.807) is 7.11 Å². The second-order valence-electron chi connectivity index (χ2n) is 4.89. The highest BCUT2D eigenvalue weighted by molar-refractivity contribution is 7.99. The lowest BCUT2D eigenvalue weighted by Gasteiger charge is -2.06. The number of nitrogens with zero attached hydrogens (tertiary/aromatic N) is 3. The Morgan fingerprint density at radius 3 is 2.67 bits per heavy atom. The SMILES string of the molecule is COCCNCc1c(C)nn(C)c1Sc1nc(C)c(C)o1. The van der Waals surface area contributed by atoms with Crippen molar-refractivity contribution in [1.82, 2.24) is 20.1 Å². The summed E-state index contributed by atoms with van der Waals surface area (Å²) in [5.74, 6) is 0.858. The Morgan fingerprint density at radius 2 is 2.05 bits per heavy atom. The molecule has 0 aliphatic heterocycles. The summed E-state index contributed by atoms with van der Waals surface area (Å²) in [4.78, 5) is 4.42. The molecule has 0 aliphatic carbocycles. The van der Waals surface area contributed by atoms with Gasteiger partial charge in [0.25, 0.3) is 5.22 Å². The molecule has 0 unspecified atom stereocenters. The van der Waals surface area contributed by atoms with E-state index in [2.05, 4.69) is 15.4 Å². The number of rotatable bonds is 7. The molecule has 0 spiro atoms. The van der Waals surface area contributed by atoms with E-state index in [0.717, 1.165) is 35.3 Å². The van der Waals surface area contributed by atoms with Gasteiger partial charge in [-0.25, -0.2) is 4.98 Å². The fraction of sp³-hybridized carbons (Fsp3) is 0.571. The molecule has 2 rings (SSSR count). The third kappa shape index (κ3) is 3.87. The van der Waals surface area contributed by atoms with Gasteiger partial charge < -0.3 is 14.5 Å². The first-order chi connectivity index (χ1) is 10.0. The van der Waals surface area contributed by atoms with Crippen LogP contribution in [0, 0.1) is 20.8 Å². The molecule has 2 heterocycles. The first-order valence-electron chi connectivity index (χ1n) is 6.87. The number of oxazole rings is 1. The van der Waals surface area contributed by atoms with Gasteiger partial charge in [0, 0.05) is 32.8 Å². The Labute approximate surface area is 129 Å². The van der Waals surface area contributed by atoms with E-state index in [1.165, 1.54) is 17.3 Å². The summed E-state index contributed by atoms with van der Waals surface area (Å²) in [7, 11) is 3.64. The molecule has 2 aromatic rings. The maximum Gasteiger partial charge on any atom is 0.262 e. The Morgan fingerprint density at radius 1 is 1.29 bits per heavy atom. The molecule has 0 radical (unpaired) electrons. The zero-order chi connectivity index (χ0) is 15.4. The summed E-state index contributed by atoms with van der Waals surface area (Å²) < 4.78 is 12.6. The first kappa shape index (κ1) is 16.1. The molecule has 7 heteroatoms. The molecule has 0 bridgehead atoms. The van der Waals surface area contributed by atoms with E-state index >= 15 is 0 Å². The largest absolute Gasteiger partial charge is 0.436 e. The Bertz CT molecular complexity index is 587. The van der Waals surface area contributed by atoms with Crippen molar-refractivity contribution < 1.29 is 9.15 Å². The standard InChI is InChI=1S/C14H22N4O2S/c1-9-11(3)20-14(16-9)21-13-12(8-15-6-7-19-5)10(2)17-18(13)4/h15H,6-8H2,1-5H3. The van der Waals surface area contributed by atoms with Crippen molar-refractivity contribution in [2.24, 2.45) is 7.05 Å². The van der Waals surface area contributed by atoms with E-state index < -0.39 is 0 Å². The van der Waals surface area contributed by atoms with Crippen molar-refractivity contribution in [3.8, 4) is 0 Å². The monoisotopic (exact) mass is 310 g/mol. The van der Waals surface area contributed by atoms with Crippen molar-refractivity contribution in [3.63, 3.8) is 0 Å². The lowest BCUT2D eigenvalue weighted by atomic mass is 10.2. The normalized spacial score (nSPS) is 11.3. The van der Waals surface area contributed by atoms with E-state index in [-0.39, 0.29) is 0 Å². The van der Waals surface area contributed by atoms with Crippen LogP contribution in [0.5, 0.6) is 0 Å². The number of aryl methyl sites for hydroxylation is 4. The van der Waals surface area contributed by atoms with Crippen LogP contribution >= 0.6 is 11.8 Å². The topological polar surface area (TPSA) is 65.1 Å². The molecule has 0 amide bonds. The van der Waals surface area contributed by atoms with Gasteiger partial charge in [0.1, 0.15) is 10.8 Å². The summed E-state index contributed by atoms with van der Waals surface area (Å²) in [6.45, 7) is 8.15. The van der Waals surface area contributed by atoms with Gasteiger partial charge in [0.05, 0.1) is 18.0 Å². The molecule has 1 N–H and O–H groups in total. The number of nitrogens with one attached hydrogen (secondary N) is 1. The maximum absolute atomic E-state index is 5.65. The highest BCUT2D eigenvalue weighted by Crippen LogP contribution is 2.32. The Kier molecular flexibility index (Phi) is 5.44. The second-order valence-corrected chi connectivity index (χ2v) is 5.83. The first-order valence-corrected chi connectivity index (χ1v) is 7.68. The zero-order valence-corrected chi connectivity index (χ0v) is 14.0. The summed E-state index contributed by atoms with van der Waals surface area (Å²) >= 11 is 1.51. The number of aromatic nitrogens is 3. The minimum Gasteiger partial charge on any atom is -0.436 e. The predicted octanol–water partition coefficient (Wildman–Crippen LogP) is 2.22. The average Bonchev–Trinajstić information content (AvgIpc) is 2.88. The molecule has 0 aromatic carbocycles. The Hall–Kier alpha value is -1.31. The smallest absolute Gasteiger partial charge is 0.262 e. The van der Waals surface area contributed by atoms with E-state index in [1.807, 2.05) is 32.5 Å². The van der Waals surface area contributed by atoms with E-state index in [4.69, 9.17) is 9.15 Å². The van der Waals surface area contributed by atoms with Gasteiger partial charge in [-0.1, -0.05) is 0 Å². The van der Waals surface area contributed by atoms with Crippen molar-refractivity contribution in [1.29, 1.82) is 0 Å². The fourth-order valence-corrected chi connectivity index (χ4v) is 3.00. The molecule has 0 fully saturated rings. The number of hydrogen-bond donors (Lipinski definition) is 1. The van der Waals surface area contributed by atoms with Crippen molar-refractivity contribution in [2.45, 2.75) is 37.6 Å². The van der Waals surface area contributed by atoms with Crippen LogP contribution in [0.15, 0.2) is 14.7 Å². The summed E-state index contributed by atoms with van der Waals surface area (Å²) in [6, 6.07) is 0. The van der Waals surface area contributed by atoms with Crippen LogP contribution in [0.1, 0.15) is 22.7 Å². The average molecular weight is 310 g/mol. The molecule has 0 saturated heterocycles. The third-order valence-electron chi connectivity index (χ3n) is 3.27.